The molecule has 1 aromatic carbocycles. The van der Waals surface area contributed by atoms with Crippen molar-refractivity contribution in [1.29, 1.82) is 0 Å². The Morgan fingerprint density at radius 3 is 2.77 bits per heavy atom. The zero-order valence-electron chi connectivity index (χ0n) is 12.3. The van der Waals surface area contributed by atoms with Gasteiger partial charge in [0.05, 0.1) is 6.54 Å². The van der Waals surface area contributed by atoms with Crippen LogP contribution in [-0.2, 0) is 22.7 Å². The van der Waals surface area contributed by atoms with Gasteiger partial charge in [-0.05, 0) is 37.6 Å². The quantitative estimate of drug-likeness (QED) is 0.825. The van der Waals surface area contributed by atoms with Crippen molar-refractivity contribution in [2.75, 3.05) is 5.32 Å². The Kier molecular flexibility index (Phi) is 4.82. The lowest BCUT2D eigenvalue weighted by Gasteiger charge is -2.07. The summed E-state index contributed by atoms with van der Waals surface area (Å²) in [5.41, 5.74) is 0.741. The van der Waals surface area contributed by atoms with Crippen molar-refractivity contribution in [3.8, 4) is 0 Å². The van der Waals surface area contributed by atoms with Gasteiger partial charge in [0.1, 0.15) is 12.1 Å². The number of aromatic nitrogens is 3. The Morgan fingerprint density at radius 2 is 2.09 bits per heavy atom. The number of hydrogen-bond acceptors (Lipinski definition) is 4. The maximum absolute atomic E-state index is 13.1. The molecule has 0 saturated heterocycles. The van der Waals surface area contributed by atoms with E-state index in [0.717, 1.165) is 0 Å². The molecule has 2 aromatic rings. The van der Waals surface area contributed by atoms with Crippen molar-refractivity contribution in [3.63, 3.8) is 0 Å². The van der Waals surface area contributed by atoms with Crippen molar-refractivity contribution in [3.05, 3.63) is 41.7 Å². The van der Waals surface area contributed by atoms with Crippen LogP contribution in [0.5, 0.6) is 0 Å². The second-order valence-corrected chi connectivity index (χ2v) is 4.63. The second-order valence-electron chi connectivity index (χ2n) is 4.63. The standard InChI is InChI=1S/C14H16FN5O2/c1-3-20-8-17-19-12(20)7-16-13(21)14(22)18-10-4-5-11(15)9(2)6-10/h4-6,8H,3,7H2,1-2H3,(H,16,21)(H,18,22). The number of nitrogens with one attached hydrogen (secondary N) is 2. The van der Waals surface area contributed by atoms with Gasteiger partial charge in [-0.25, -0.2) is 4.39 Å². The Hall–Kier alpha value is -2.77. The number of amides is 2. The van der Waals surface area contributed by atoms with Crippen molar-refractivity contribution in [1.82, 2.24) is 20.1 Å². The molecule has 0 aliphatic rings. The van der Waals surface area contributed by atoms with Crippen molar-refractivity contribution in [2.24, 2.45) is 0 Å². The van der Waals surface area contributed by atoms with E-state index in [-0.39, 0.29) is 12.4 Å². The maximum Gasteiger partial charge on any atom is 0.313 e. The van der Waals surface area contributed by atoms with Gasteiger partial charge in [-0.2, -0.15) is 0 Å². The highest BCUT2D eigenvalue weighted by atomic mass is 19.1. The van der Waals surface area contributed by atoms with Gasteiger partial charge in [-0.3, -0.25) is 9.59 Å². The van der Waals surface area contributed by atoms with E-state index in [9.17, 15) is 14.0 Å². The monoisotopic (exact) mass is 305 g/mol. The molecule has 0 aliphatic heterocycles. The fraction of sp³-hybridized carbons (Fsp3) is 0.286. The highest BCUT2D eigenvalue weighted by molar-refractivity contribution is 6.39. The summed E-state index contributed by atoms with van der Waals surface area (Å²) in [6.07, 6.45) is 1.54. The van der Waals surface area contributed by atoms with Crippen LogP contribution in [0.25, 0.3) is 0 Å². The summed E-state index contributed by atoms with van der Waals surface area (Å²) >= 11 is 0. The summed E-state index contributed by atoms with van der Waals surface area (Å²) in [5, 5.41) is 12.4. The topological polar surface area (TPSA) is 88.9 Å². The third-order valence-corrected chi connectivity index (χ3v) is 3.07. The van der Waals surface area contributed by atoms with E-state index in [4.69, 9.17) is 0 Å². The Morgan fingerprint density at radius 1 is 1.32 bits per heavy atom. The fourth-order valence-corrected chi connectivity index (χ4v) is 1.83. The summed E-state index contributed by atoms with van der Waals surface area (Å²) in [7, 11) is 0. The Bertz CT molecular complexity index is 698. The lowest BCUT2D eigenvalue weighted by Crippen LogP contribution is -2.35. The third-order valence-electron chi connectivity index (χ3n) is 3.07. The average Bonchev–Trinajstić information content (AvgIpc) is 2.96. The molecule has 22 heavy (non-hydrogen) atoms. The number of benzene rings is 1. The van der Waals surface area contributed by atoms with Gasteiger partial charge in [0, 0.05) is 12.2 Å². The van der Waals surface area contributed by atoms with Crippen LogP contribution in [0.1, 0.15) is 18.3 Å². The normalized spacial score (nSPS) is 10.3. The Balaban J connectivity index is 1.92. The van der Waals surface area contributed by atoms with Crippen LogP contribution < -0.4 is 10.6 Å². The lowest BCUT2D eigenvalue weighted by atomic mass is 10.2. The molecule has 0 atom stereocenters. The van der Waals surface area contributed by atoms with E-state index >= 15 is 0 Å². The molecule has 2 amide bonds. The van der Waals surface area contributed by atoms with E-state index in [1.165, 1.54) is 18.2 Å². The maximum atomic E-state index is 13.1. The predicted octanol–water partition coefficient (Wildman–Crippen LogP) is 1.00. The minimum atomic E-state index is -0.825. The summed E-state index contributed by atoms with van der Waals surface area (Å²) in [6, 6.07) is 4.07. The molecule has 0 saturated carbocycles. The number of nitrogens with zero attached hydrogens (tertiary/aromatic N) is 3. The third kappa shape index (κ3) is 3.66. The van der Waals surface area contributed by atoms with Gasteiger partial charge in [-0.1, -0.05) is 0 Å². The van der Waals surface area contributed by atoms with E-state index in [1.807, 2.05) is 6.92 Å². The molecule has 0 unspecified atom stereocenters. The molecule has 0 fully saturated rings. The van der Waals surface area contributed by atoms with Crippen LogP contribution >= 0.6 is 0 Å². The second kappa shape index (κ2) is 6.79. The SMILES string of the molecule is CCn1cnnc1CNC(=O)C(=O)Nc1ccc(F)c(C)c1. The summed E-state index contributed by atoms with van der Waals surface area (Å²) in [5.74, 6) is -1.44. The van der Waals surface area contributed by atoms with E-state index in [0.29, 0.717) is 23.6 Å². The number of aryl methyl sites for hydroxylation is 2. The fourth-order valence-electron chi connectivity index (χ4n) is 1.83. The van der Waals surface area contributed by atoms with E-state index < -0.39 is 11.8 Å². The number of halogens is 1. The molecule has 2 rings (SSSR count). The van der Waals surface area contributed by atoms with Crippen molar-refractivity contribution >= 4 is 17.5 Å². The highest BCUT2D eigenvalue weighted by Gasteiger charge is 2.15. The van der Waals surface area contributed by atoms with Crippen LogP contribution in [0.3, 0.4) is 0 Å². The zero-order valence-corrected chi connectivity index (χ0v) is 12.3. The van der Waals surface area contributed by atoms with Crippen molar-refractivity contribution < 1.29 is 14.0 Å². The average molecular weight is 305 g/mol. The first-order chi connectivity index (χ1) is 10.5. The van der Waals surface area contributed by atoms with Crippen LogP contribution in [0.4, 0.5) is 10.1 Å². The lowest BCUT2D eigenvalue weighted by molar-refractivity contribution is -0.136. The van der Waals surface area contributed by atoms with Gasteiger partial charge < -0.3 is 15.2 Å². The molecule has 1 aromatic heterocycles. The van der Waals surface area contributed by atoms with Crippen LogP contribution in [0.15, 0.2) is 24.5 Å². The van der Waals surface area contributed by atoms with Gasteiger partial charge in [0.25, 0.3) is 0 Å². The molecular weight excluding hydrogens is 289 g/mol. The molecule has 0 spiro atoms. The number of anilines is 1. The summed E-state index contributed by atoms with van der Waals surface area (Å²) in [4.78, 5) is 23.5. The first kappa shape index (κ1) is 15.6. The van der Waals surface area contributed by atoms with Crippen LogP contribution in [0.2, 0.25) is 0 Å². The van der Waals surface area contributed by atoms with Gasteiger partial charge in [0.15, 0.2) is 5.82 Å². The van der Waals surface area contributed by atoms with Crippen molar-refractivity contribution in [2.45, 2.75) is 26.9 Å². The van der Waals surface area contributed by atoms with Gasteiger partial charge in [0.2, 0.25) is 0 Å². The minimum Gasteiger partial charge on any atom is -0.341 e. The predicted molar refractivity (Wildman–Crippen MR) is 77.3 cm³/mol. The zero-order chi connectivity index (χ0) is 16.1. The summed E-state index contributed by atoms with van der Waals surface area (Å²) < 4.78 is 14.9. The van der Waals surface area contributed by atoms with Crippen LogP contribution in [0, 0.1) is 12.7 Å². The van der Waals surface area contributed by atoms with E-state index in [2.05, 4.69) is 20.8 Å². The highest BCUT2D eigenvalue weighted by Crippen LogP contribution is 2.13. The molecule has 0 aliphatic carbocycles. The first-order valence-electron chi connectivity index (χ1n) is 6.73. The van der Waals surface area contributed by atoms with Gasteiger partial charge >= 0.3 is 11.8 Å². The minimum absolute atomic E-state index is 0.0997. The molecule has 2 N–H and O–H groups in total. The molecule has 0 bridgehead atoms. The first-order valence-corrected chi connectivity index (χ1v) is 6.73. The molecule has 116 valence electrons. The number of carbonyl (C=O) groups is 2. The smallest absolute Gasteiger partial charge is 0.313 e. The Labute approximate surface area is 126 Å². The van der Waals surface area contributed by atoms with Crippen LogP contribution in [-0.4, -0.2) is 26.6 Å². The molecule has 8 heteroatoms. The number of hydrogen-bond donors (Lipinski definition) is 2. The van der Waals surface area contributed by atoms with E-state index in [1.54, 1.807) is 17.8 Å². The molecular formula is C14H16FN5O2. The summed E-state index contributed by atoms with van der Waals surface area (Å²) in [6.45, 7) is 4.25. The molecule has 7 nitrogen and oxygen atoms in total. The molecule has 1 heterocycles. The number of carbonyl (C=O) groups excluding carboxylic acids is 2. The number of rotatable bonds is 4. The molecule has 0 radical (unpaired) electrons. The largest absolute Gasteiger partial charge is 0.341 e. The van der Waals surface area contributed by atoms with Gasteiger partial charge in [-0.15, -0.1) is 10.2 Å².